The molecule has 0 bridgehead atoms. The first-order valence-corrected chi connectivity index (χ1v) is 3.48. The normalized spacial score (nSPS) is 13.1. The van der Waals surface area contributed by atoms with E-state index in [4.69, 9.17) is 10.5 Å². The zero-order valence-corrected chi connectivity index (χ0v) is 7.03. The van der Waals surface area contributed by atoms with E-state index in [1.165, 1.54) is 0 Å². The van der Waals surface area contributed by atoms with Gasteiger partial charge in [0.05, 0.1) is 13.3 Å². The van der Waals surface area contributed by atoms with Crippen molar-refractivity contribution in [3.8, 4) is 5.75 Å². The molecule has 1 aromatic rings. The van der Waals surface area contributed by atoms with Gasteiger partial charge in [-0.15, -0.1) is 0 Å². The van der Waals surface area contributed by atoms with Crippen LogP contribution in [0.2, 0.25) is 0 Å². The minimum Gasteiger partial charge on any atom is -0.493 e. The van der Waals surface area contributed by atoms with Gasteiger partial charge in [-0.2, -0.15) is 5.10 Å². The summed E-state index contributed by atoms with van der Waals surface area (Å²) in [4.78, 5) is 0. The van der Waals surface area contributed by atoms with E-state index in [1.807, 2.05) is 14.0 Å². The van der Waals surface area contributed by atoms with Crippen LogP contribution in [-0.2, 0) is 7.05 Å². The van der Waals surface area contributed by atoms with Crippen molar-refractivity contribution in [2.45, 2.75) is 13.0 Å². The lowest BCUT2D eigenvalue weighted by atomic mass is 10.2. The molecule has 0 radical (unpaired) electrons. The molecule has 1 heterocycles. The first kappa shape index (κ1) is 8.07. The van der Waals surface area contributed by atoms with E-state index in [9.17, 15) is 0 Å². The van der Waals surface area contributed by atoms with Crippen molar-refractivity contribution in [2.24, 2.45) is 12.8 Å². The van der Waals surface area contributed by atoms with Gasteiger partial charge in [-0.05, 0) is 6.92 Å². The summed E-state index contributed by atoms with van der Waals surface area (Å²) >= 11 is 0. The fourth-order valence-corrected chi connectivity index (χ4v) is 0.957. The molecule has 1 unspecified atom stereocenters. The molecule has 2 N–H and O–H groups in total. The Kier molecular flexibility index (Phi) is 2.14. The summed E-state index contributed by atoms with van der Waals surface area (Å²) in [6, 6.07) is -0.0776. The third kappa shape index (κ3) is 1.51. The minimum atomic E-state index is -0.0776. The Balaban J connectivity index is 3.02. The highest BCUT2D eigenvalue weighted by molar-refractivity contribution is 5.26. The quantitative estimate of drug-likeness (QED) is 0.674. The van der Waals surface area contributed by atoms with Crippen molar-refractivity contribution >= 4 is 0 Å². The molecule has 1 atom stereocenters. The number of hydrogen-bond acceptors (Lipinski definition) is 3. The Morgan fingerprint density at radius 3 is 2.73 bits per heavy atom. The van der Waals surface area contributed by atoms with Gasteiger partial charge in [0.1, 0.15) is 5.69 Å². The van der Waals surface area contributed by atoms with Crippen LogP contribution in [0.25, 0.3) is 0 Å². The number of nitrogens with two attached hydrogens (primary N) is 1. The number of aromatic nitrogens is 2. The molecular weight excluding hydrogens is 142 g/mol. The van der Waals surface area contributed by atoms with Gasteiger partial charge in [0.25, 0.3) is 0 Å². The minimum absolute atomic E-state index is 0.0776. The van der Waals surface area contributed by atoms with Crippen LogP contribution < -0.4 is 10.5 Å². The summed E-state index contributed by atoms with van der Waals surface area (Å²) in [5.41, 5.74) is 6.45. The average molecular weight is 155 g/mol. The van der Waals surface area contributed by atoms with E-state index >= 15 is 0 Å². The maximum Gasteiger partial charge on any atom is 0.161 e. The van der Waals surface area contributed by atoms with E-state index in [1.54, 1.807) is 18.0 Å². The summed E-state index contributed by atoms with van der Waals surface area (Å²) in [5, 5.41) is 4.15. The lowest BCUT2D eigenvalue weighted by Gasteiger charge is -2.02. The Hall–Kier alpha value is -1.03. The van der Waals surface area contributed by atoms with Crippen LogP contribution in [0.5, 0.6) is 5.75 Å². The molecule has 4 nitrogen and oxygen atoms in total. The molecule has 0 aliphatic carbocycles. The largest absolute Gasteiger partial charge is 0.493 e. The number of nitrogens with zero attached hydrogens (tertiary/aromatic N) is 2. The van der Waals surface area contributed by atoms with Gasteiger partial charge in [-0.25, -0.2) is 0 Å². The van der Waals surface area contributed by atoms with E-state index in [0.29, 0.717) is 0 Å². The Morgan fingerprint density at radius 1 is 1.73 bits per heavy atom. The second-order valence-electron chi connectivity index (χ2n) is 2.55. The number of methoxy groups -OCH3 is 1. The average Bonchev–Trinajstić information content (AvgIpc) is 2.30. The van der Waals surface area contributed by atoms with Gasteiger partial charge in [0.15, 0.2) is 5.75 Å². The monoisotopic (exact) mass is 155 g/mol. The van der Waals surface area contributed by atoms with E-state index in [-0.39, 0.29) is 6.04 Å². The Morgan fingerprint density at radius 2 is 2.36 bits per heavy atom. The molecule has 0 aromatic carbocycles. The molecule has 0 saturated heterocycles. The highest BCUT2D eigenvalue weighted by Crippen LogP contribution is 2.20. The first-order chi connectivity index (χ1) is 5.15. The third-order valence-corrected chi connectivity index (χ3v) is 1.47. The van der Waals surface area contributed by atoms with Crippen LogP contribution in [0.4, 0.5) is 0 Å². The van der Waals surface area contributed by atoms with Crippen LogP contribution in [0, 0.1) is 0 Å². The van der Waals surface area contributed by atoms with Gasteiger partial charge >= 0.3 is 0 Å². The summed E-state index contributed by atoms with van der Waals surface area (Å²) in [7, 11) is 3.46. The van der Waals surface area contributed by atoms with Crippen molar-refractivity contribution in [2.75, 3.05) is 7.11 Å². The molecule has 0 aliphatic heterocycles. The van der Waals surface area contributed by atoms with Crippen LogP contribution >= 0.6 is 0 Å². The van der Waals surface area contributed by atoms with Crippen LogP contribution in [0.3, 0.4) is 0 Å². The van der Waals surface area contributed by atoms with Gasteiger partial charge in [0, 0.05) is 13.1 Å². The third-order valence-electron chi connectivity index (χ3n) is 1.47. The van der Waals surface area contributed by atoms with E-state index in [2.05, 4.69) is 5.10 Å². The van der Waals surface area contributed by atoms with Crippen LogP contribution in [-0.4, -0.2) is 16.9 Å². The van der Waals surface area contributed by atoms with Gasteiger partial charge < -0.3 is 10.5 Å². The standard InChI is InChI=1S/C7H13N3O/c1-5(8)7-6(11-3)4-10(2)9-7/h4-5H,8H2,1-3H3. The van der Waals surface area contributed by atoms with Gasteiger partial charge in [-0.3, -0.25) is 4.68 Å². The van der Waals surface area contributed by atoms with Crippen molar-refractivity contribution < 1.29 is 4.74 Å². The summed E-state index contributed by atoms with van der Waals surface area (Å²) in [5.74, 6) is 0.752. The summed E-state index contributed by atoms with van der Waals surface area (Å²) in [6.07, 6.45) is 1.80. The summed E-state index contributed by atoms with van der Waals surface area (Å²) < 4.78 is 6.76. The first-order valence-electron chi connectivity index (χ1n) is 3.48. The molecular formula is C7H13N3O. The van der Waals surface area contributed by atoms with Gasteiger partial charge in [0.2, 0.25) is 0 Å². The zero-order valence-electron chi connectivity index (χ0n) is 7.03. The molecule has 11 heavy (non-hydrogen) atoms. The van der Waals surface area contributed by atoms with Crippen molar-refractivity contribution in [3.05, 3.63) is 11.9 Å². The highest BCUT2D eigenvalue weighted by atomic mass is 16.5. The van der Waals surface area contributed by atoms with E-state index < -0.39 is 0 Å². The Labute approximate surface area is 66.0 Å². The van der Waals surface area contributed by atoms with Crippen molar-refractivity contribution in [1.29, 1.82) is 0 Å². The lowest BCUT2D eigenvalue weighted by Crippen LogP contribution is -2.07. The second-order valence-corrected chi connectivity index (χ2v) is 2.55. The molecule has 1 aromatic heterocycles. The maximum atomic E-state index is 5.65. The predicted molar refractivity (Wildman–Crippen MR) is 42.4 cm³/mol. The van der Waals surface area contributed by atoms with Crippen molar-refractivity contribution in [1.82, 2.24) is 9.78 Å². The fraction of sp³-hybridized carbons (Fsp3) is 0.571. The fourth-order valence-electron chi connectivity index (χ4n) is 0.957. The Bertz CT molecular complexity index is 242. The molecule has 0 aliphatic rings. The number of rotatable bonds is 2. The molecule has 4 heteroatoms. The van der Waals surface area contributed by atoms with E-state index in [0.717, 1.165) is 11.4 Å². The molecule has 62 valence electrons. The highest BCUT2D eigenvalue weighted by Gasteiger charge is 2.10. The summed E-state index contributed by atoms with van der Waals surface area (Å²) in [6.45, 7) is 1.88. The molecule has 0 fully saturated rings. The predicted octanol–water partition coefficient (Wildman–Crippen LogP) is 0.448. The van der Waals surface area contributed by atoms with Gasteiger partial charge in [-0.1, -0.05) is 0 Å². The van der Waals surface area contributed by atoms with Crippen LogP contribution in [0.1, 0.15) is 18.7 Å². The smallest absolute Gasteiger partial charge is 0.161 e. The van der Waals surface area contributed by atoms with Crippen molar-refractivity contribution in [3.63, 3.8) is 0 Å². The molecule has 0 spiro atoms. The number of ether oxygens (including phenoxy) is 1. The topological polar surface area (TPSA) is 53.1 Å². The maximum absolute atomic E-state index is 5.65. The molecule has 0 saturated carbocycles. The zero-order chi connectivity index (χ0) is 8.43. The lowest BCUT2D eigenvalue weighted by molar-refractivity contribution is 0.406. The van der Waals surface area contributed by atoms with Crippen LogP contribution in [0.15, 0.2) is 6.20 Å². The molecule has 1 rings (SSSR count). The SMILES string of the molecule is COc1cn(C)nc1C(C)N. The number of aryl methyl sites for hydroxylation is 1. The molecule has 0 amide bonds. The number of hydrogen-bond donors (Lipinski definition) is 1. The second kappa shape index (κ2) is 2.92.